The maximum absolute atomic E-state index is 13.1. The zero-order valence-electron chi connectivity index (χ0n) is 26.2. The van der Waals surface area contributed by atoms with E-state index in [0.717, 1.165) is 29.2 Å². The number of methoxy groups -OCH3 is 1. The Morgan fingerprint density at radius 1 is 0.651 bits per heavy atom. The van der Waals surface area contributed by atoms with Crippen molar-refractivity contribution in [2.24, 2.45) is 5.92 Å². The van der Waals surface area contributed by atoms with Gasteiger partial charge in [-0.3, -0.25) is 14.4 Å². The van der Waals surface area contributed by atoms with Crippen molar-refractivity contribution in [3.63, 3.8) is 0 Å². The molecule has 0 fully saturated rings. The predicted octanol–water partition coefficient (Wildman–Crippen LogP) is 9.23. The average molecular weight is 587 g/mol. The van der Waals surface area contributed by atoms with E-state index in [1.165, 1.54) is 77.7 Å². The van der Waals surface area contributed by atoms with E-state index in [-0.39, 0.29) is 12.3 Å². The molecule has 43 heavy (non-hydrogen) atoms. The second-order valence-electron chi connectivity index (χ2n) is 11.6. The molecule has 232 valence electrons. The zero-order chi connectivity index (χ0) is 30.7. The summed E-state index contributed by atoms with van der Waals surface area (Å²) in [5.74, 6) is -1.99. The molecule has 0 radical (unpaired) electrons. The van der Waals surface area contributed by atoms with Gasteiger partial charge in [-0.25, -0.2) is 0 Å². The number of nitrogens with one attached hydrogen (secondary N) is 2. The predicted molar refractivity (Wildman–Crippen MR) is 177 cm³/mol. The van der Waals surface area contributed by atoms with Crippen LogP contribution in [0.4, 0.5) is 11.4 Å². The van der Waals surface area contributed by atoms with Crippen LogP contribution in [0, 0.1) is 5.92 Å². The van der Waals surface area contributed by atoms with Crippen LogP contribution in [0.15, 0.2) is 66.7 Å². The molecule has 6 nitrogen and oxygen atoms in total. The molecule has 0 aromatic heterocycles. The topological polar surface area (TPSA) is 84.5 Å². The maximum Gasteiger partial charge on any atom is 0.318 e. The van der Waals surface area contributed by atoms with Crippen molar-refractivity contribution >= 4 is 39.9 Å². The number of amides is 2. The highest BCUT2D eigenvalue weighted by molar-refractivity contribution is 6.05. The highest BCUT2D eigenvalue weighted by Crippen LogP contribution is 2.21. The summed E-state index contributed by atoms with van der Waals surface area (Å²) in [6.45, 7) is 2.26. The number of ether oxygens (including phenoxy) is 1. The van der Waals surface area contributed by atoms with E-state index in [1.54, 1.807) is 24.3 Å². The van der Waals surface area contributed by atoms with E-state index in [4.69, 9.17) is 4.74 Å². The van der Waals surface area contributed by atoms with Crippen LogP contribution in [-0.4, -0.2) is 24.9 Å². The minimum Gasteiger partial charge on any atom is -0.468 e. The second-order valence-corrected chi connectivity index (χ2v) is 11.6. The van der Waals surface area contributed by atoms with Crippen LogP contribution in [0.5, 0.6) is 0 Å². The summed E-state index contributed by atoms with van der Waals surface area (Å²) in [5.41, 5.74) is 2.11. The van der Waals surface area contributed by atoms with Crippen molar-refractivity contribution in [1.29, 1.82) is 0 Å². The number of hydrogen-bond donors (Lipinski definition) is 2. The molecule has 2 amide bonds. The van der Waals surface area contributed by atoms with Gasteiger partial charge in [0.15, 0.2) is 0 Å². The summed E-state index contributed by atoms with van der Waals surface area (Å²) < 4.78 is 4.93. The van der Waals surface area contributed by atoms with Crippen molar-refractivity contribution in [1.82, 2.24) is 0 Å². The Morgan fingerprint density at radius 2 is 1.19 bits per heavy atom. The molecule has 0 aliphatic rings. The molecule has 6 heteroatoms. The molecule has 3 aromatic carbocycles. The first-order valence-corrected chi connectivity index (χ1v) is 16.3. The fraction of sp³-hybridized carbons (Fsp3) is 0.486. The maximum atomic E-state index is 13.1. The molecule has 0 bridgehead atoms. The third-order valence-electron chi connectivity index (χ3n) is 8.00. The molecule has 0 heterocycles. The first-order valence-electron chi connectivity index (χ1n) is 16.3. The van der Waals surface area contributed by atoms with Crippen LogP contribution < -0.4 is 10.6 Å². The monoisotopic (exact) mass is 586 g/mol. The number of rotatable bonds is 20. The summed E-state index contributed by atoms with van der Waals surface area (Å²) in [5, 5.41) is 7.91. The van der Waals surface area contributed by atoms with Crippen molar-refractivity contribution in [3.05, 3.63) is 72.3 Å². The lowest BCUT2D eigenvalue weighted by atomic mass is 9.96. The van der Waals surface area contributed by atoms with Gasteiger partial charge in [0.1, 0.15) is 5.92 Å². The van der Waals surface area contributed by atoms with Gasteiger partial charge in [-0.15, -0.1) is 0 Å². The van der Waals surface area contributed by atoms with Gasteiger partial charge in [0.2, 0.25) is 11.8 Å². The molecular formula is C37H50N2O4. The number of benzene rings is 3. The minimum atomic E-state index is -0.981. The molecule has 0 aliphatic heterocycles. The van der Waals surface area contributed by atoms with Crippen molar-refractivity contribution in [2.75, 3.05) is 17.7 Å². The zero-order valence-corrected chi connectivity index (χ0v) is 26.2. The molecule has 0 spiro atoms. The van der Waals surface area contributed by atoms with Crippen LogP contribution >= 0.6 is 0 Å². The molecule has 0 saturated carbocycles. The SMILES string of the molecule is CCCCCCCCCCCCCCCC(=O)Nc1ccc(NC(=O)C(Cc2ccc3ccccc3c2)C(=O)OC)cc1. The Morgan fingerprint density at radius 3 is 1.77 bits per heavy atom. The van der Waals surface area contributed by atoms with E-state index in [1.807, 2.05) is 42.5 Å². The molecule has 3 rings (SSSR count). The summed E-state index contributed by atoms with van der Waals surface area (Å²) in [6.07, 6.45) is 17.4. The number of carbonyl (C=O) groups excluding carboxylic acids is 3. The van der Waals surface area contributed by atoms with Gasteiger partial charge >= 0.3 is 5.97 Å². The number of unbranched alkanes of at least 4 members (excludes halogenated alkanes) is 12. The van der Waals surface area contributed by atoms with Gasteiger partial charge in [0, 0.05) is 17.8 Å². The molecule has 1 unspecified atom stereocenters. The van der Waals surface area contributed by atoms with Crippen LogP contribution in [0.1, 0.15) is 102 Å². The molecule has 3 aromatic rings. The van der Waals surface area contributed by atoms with Crippen LogP contribution in [0.25, 0.3) is 10.8 Å². The van der Waals surface area contributed by atoms with E-state index in [2.05, 4.69) is 17.6 Å². The average Bonchev–Trinajstić information content (AvgIpc) is 3.02. The third kappa shape index (κ3) is 12.6. The largest absolute Gasteiger partial charge is 0.468 e. The van der Waals surface area contributed by atoms with Gasteiger partial charge in [-0.2, -0.15) is 0 Å². The summed E-state index contributed by atoms with van der Waals surface area (Å²) in [7, 11) is 1.29. The third-order valence-corrected chi connectivity index (χ3v) is 8.00. The summed E-state index contributed by atoms with van der Waals surface area (Å²) in [4.78, 5) is 38.0. The number of anilines is 2. The van der Waals surface area contributed by atoms with Crippen molar-refractivity contribution in [2.45, 2.75) is 103 Å². The van der Waals surface area contributed by atoms with E-state index >= 15 is 0 Å². The van der Waals surface area contributed by atoms with Gasteiger partial charge in [-0.1, -0.05) is 126 Å². The number of hydrogen-bond acceptors (Lipinski definition) is 4. The number of carbonyl (C=O) groups is 3. The van der Waals surface area contributed by atoms with E-state index in [0.29, 0.717) is 17.8 Å². The Hall–Kier alpha value is -3.67. The van der Waals surface area contributed by atoms with Gasteiger partial charge in [-0.05, 0) is 53.4 Å². The lowest BCUT2D eigenvalue weighted by molar-refractivity contribution is -0.148. The van der Waals surface area contributed by atoms with Crippen LogP contribution in [0.2, 0.25) is 0 Å². The smallest absolute Gasteiger partial charge is 0.318 e. The molecule has 2 N–H and O–H groups in total. The van der Waals surface area contributed by atoms with Crippen LogP contribution in [-0.2, 0) is 25.5 Å². The first kappa shape index (κ1) is 33.8. The second kappa shape index (κ2) is 19.5. The highest BCUT2D eigenvalue weighted by atomic mass is 16.5. The minimum absolute atomic E-state index is 0.000925. The fourth-order valence-corrected chi connectivity index (χ4v) is 5.42. The fourth-order valence-electron chi connectivity index (χ4n) is 5.42. The van der Waals surface area contributed by atoms with Crippen LogP contribution in [0.3, 0.4) is 0 Å². The number of esters is 1. The molecule has 0 saturated heterocycles. The quantitative estimate of drug-likeness (QED) is 0.0785. The summed E-state index contributed by atoms with van der Waals surface area (Å²) >= 11 is 0. The lowest BCUT2D eigenvalue weighted by Gasteiger charge is -2.16. The lowest BCUT2D eigenvalue weighted by Crippen LogP contribution is -2.32. The Labute approximate surface area is 258 Å². The summed E-state index contributed by atoms with van der Waals surface area (Å²) in [6, 6.07) is 20.8. The first-order chi connectivity index (χ1) is 21.0. The molecule has 1 atom stereocenters. The molecular weight excluding hydrogens is 536 g/mol. The van der Waals surface area contributed by atoms with Gasteiger partial charge < -0.3 is 15.4 Å². The van der Waals surface area contributed by atoms with Crippen molar-refractivity contribution < 1.29 is 19.1 Å². The Balaban J connectivity index is 1.34. The van der Waals surface area contributed by atoms with E-state index in [9.17, 15) is 14.4 Å². The van der Waals surface area contributed by atoms with E-state index < -0.39 is 17.8 Å². The Kier molecular flexibility index (Phi) is 15.3. The Bertz CT molecular complexity index is 1270. The number of fused-ring (bicyclic) bond motifs is 1. The standard InChI is InChI=1S/C37H50N2O4/c1-3-4-5-6-7-8-9-10-11-12-13-14-15-20-35(40)38-32-23-25-33(26-24-32)39-36(41)34(37(42)43-2)28-29-21-22-30-18-16-17-19-31(30)27-29/h16-19,21-27,34H,3-15,20,28H2,1-2H3,(H,38,40)(H,39,41). The highest BCUT2D eigenvalue weighted by Gasteiger charge is 2.28. The molecule has 0 aliphatic carbocycles. The van der Waals surface area contributed by atoms with Gasteiger partial charge in [0.25, 0.3) is 0 Å². The van der Waals surface area contributed by atoms with Gasteiger partial charge in [0.05, 0.1) is 7.11 Å². The van der Waals surface area contributed by atoms with Crippen molar-refractivity contribution in [3.8, 4) is 0 Å². The normalized spacial score (nSPS) is 11.7.